The highest BCUT2D eigenvalue weighted by molar-refractivity contribution is 5.94. The second-order valence-electron chi connectivity index (χ2n) is 8.77. The van der Waals surface area contributed by atoms with E-state index in [-0.39, 0.29) is 5.91 Å². The number of benzene rings is 2. The van der Waals surface area contributed by atoms with Crippen LogP contribution in [0.4, 0.5) is 17.2 Å². The van der Waals surface area contributed by atoms with Crippen LogP contribution in [0.25, 0.3) is 5.65 Å². The molecule has 0 unspecified atom stereocenters. The molecule has 8 nitrogen and oxygen atoms in total. The number of nitrogens with one attached hydrogen (secondary N) is 3. The van der Waals surface area contributed by atoms with Gasteiger partial charge in [-0.2, -0.15) is 0 Å². The van der Waals surface area contributed by atoms with E-state index >= 15 is 0 Å². The van der Waals surface area contributed by atoms with Gasteiger partial charge in [0.15, 0.2) is 5.65 Å². The Labute approximate surface area is 198 Å². The Bertz CT molecular complexity index is 1250. The third-order valence-electron chi connectivity index (χ3n) is 6.20. The van der Waals surface area contributed by atoms with Gasteiger partial charge in [0.05, 0.1) is 5.69 Å². The van der Waals surface area contributed by atoms with E-state index in [1.807, 2.05) is 66.9 Å². The van der Waals surface area contributed by atoms with Gasteiger partial charge in [-0.25, -0.2) is 9.50 Å². The van der Waals surface area contributed by atoms with Crippen LogP contribution >= 0.6 is 0 Å². The minimum absolute atomic E-state index is 0.103. The van der Waals surface area contributed by atoms with Gasteiger partial charge in [0.2, 0.25) is 0 Å². The fraction of sp³-hybridized carbons (Fsp3) is 0.269. The number of imidazole rings is 1. The van der Waals surface area contributed by atoms with Crippen LogP contribution in [0, 0.1) is 0 Å². The number of hydrogen-bond acceptors (Lipinski definition) is 6. The summed E-state index contributed by atoms with van der Waals surface area (Å²) in [5, 5.41) is 14.6. The van der Waals surface area contributed by atoms with Crippen LogP contribution in [0.5, 0.6) is 0 Å². The minimum atomic E-state index is -0.103. The molecule has 174 valence electrons. The van der Waals surface area contributed by atoms with Gasteiger partial charge in [0.1, 0.15) is 5.82 Å². The molecule has 2 aromatic carbocycles. The zero-order valence-corrected chi connectivity index (χ0v) is 18.9. The molecule has 0 saturated heterocycles. The summed E-state index contributed by atoms with van der Waals surface area (Å²) in [5.74, 6) is 0.694. The molecule has 0 spiro atoms. The van der Waals surface area contributed by atoms with E-state index in [4.69, 9.17) is 5.73 Å². The molecule has 5 rings (SSSR count). The smallest absolute Gasteiger partial charge is 0.251 e. The number of nitrogens with zero attached hydrogens (tertiary/aromatic N) is 3. The number of aromatic nitrogens is 3. The summed E-state index contributed by atoms with van der Waals surface area (Å²) in [6.07, 6.45) is 7.71. The van der Waals surface area contributed by atoms with E-state index in [2.05, 4.69) is 26.0 Å². The second-order valence-corrected chi connectivity index (χ2v) is 8.77. The van der Waals surface area contributed by atoms with E-state index in [1.54, 1.807) is 10.7 Å². The third-order valence-corrected chi connectivity index (χ3v) is 6.20. The molecule has 1 fully saturated rings. The lowest BCUT2D eigenvalue weighted by Crippen LogP contribution is -2.33. The summed E-state index contributed by atoms with van der Waals surface area (Å²) < 4.78 is 1.77. The third kappa shape index (κ3) is 5.18. The van der Waals surface area contributed by atoms with Crippen molar-refractivity contribution < 1.29 is 4.79 Å². The van der Waals surface area contributed by atoms with E-state index < -0.39 is 0 Å². The second kappa shape index (κ2) is 9.93. The van der Waals surface area contributed by atoms with Crippen molar-refractivity contribution in [3.05, 3.63) is 84.2 Å². The summed E-state index contributed by atoms with van der Waals surface area (Å²) in [7, 11) is 0. The fourth-order valence-electron chi connectivity index (χ4n) is 4.29. The first-order valence-electron chi connectivity index (χ1n) is 11.7. The molecule has 2 aromatic heterocycles. The van der Waals surface area contributed by atoms with Crippen molar-refractivity contribution >= 4 is 28.7 Å². The molecule has 8 heteroatoms. The molecule has 1 aliphatic carbocycles. The Balaban J connectivity index is 1.27. The van der Waals surface area contributed by atoms with Crippen molar-refractivity contribution in [2.24, 2.45) is 5.73 Å². The maximum atomic E-state index is 12.5. The fourth-order valence-corrected chi connectivity index (χ4v) is 4.29. The van der Waals surface area contributed by atoms with Crippen LogP contribution in [0.2, 0.25) is 0 Å². The molecule has 0 radical (unpaired) electrons. The van der Waals surface area contributed by atoms with E-state index in [9.17, 15) is 4.79 Å². The van der Waals surface area contributed by atoms with Crippen molar-refractivity contribution in [1.29, 1.82) is 0 Å². The highest BCUT2D eigenvalue weighted by Crippen LogP contribution is 2.26. The van der Waals surface area contributed by atoms with Crippen molar-refractivity contribution in [3.63, 3.8) is 0 Å². The molecule has 1 saturated carbocycles. The number of carbonyl (C=O) groups is 1. The van der Waals surface area contributed by atoms with Crippen LogP contribution in [0.3, 0.4) is 0 Å². The quantitative estimate of drug-likeness (QED) is 0.334. The summed E-state index contributed by atoms with van der Waals surface area (Å²) in [6, 6.07) is 20.0. The lowest BCUT2D eigenvalue weighted by Gasteiger charge is -2.27. The highest BCUT2D eigenvalue weighted by Gasteiger charge is 2.19. The SMILES string of the molecule is N[C@H]1CC[C@H](Nc2cc(Nc3ccc(C(=O)NCc4ccccc4)cc3)c3nccn3n2)CC1. The summed E-state index contributed by atoms with van der Waals surface area (Å²) in [4.78, 5) is 17.0. The average molecular weight is 456 g/mol. The van der Waals surface area contributed by atoms with Crippen molar-refractivity contribution in [3.8, 4) is 0 Å². The Hall–Kier alpha value is -3.91. The Morgan fingerprint density at radius 1 is 1.03 bits per heavy atom. The van der Waals surface area contributed by atoms with Gasteiger partial charge in [-0.1, -0.05) is 30.3 Å². The van der Waals surface area contributed by atoms with Crippen LogP contribution in [-0.4, -0.2) is 32.6 Å². The lowest BCUT2D eigenvalue weighted by atomic mass is 9.92. The Morgan fingerprint density at radius 2 is 1.79 bits per heavy atom. The number of hydrogen-bond donors (Lipinski definition) is 4. The lowest BCUT2D eigenvalue weighted by molar-refractivity contribution is 0.0951. The van der Waals surface area contributed by atoms with Crippen molar-refractivity contribution in [2.45, 2.75) is 44.3 Å². The van der Waals surface area contributed by atoms with E-state index in [0.717, 1.165) is 54.1 Å². The van der Waals surface area contributed by atoms with Crippen LogP contribution in [0.15, 0.2) is 73.1 Å². The molecule has 0 atom stereocenters. The normalized spacial score (nSPS) is 17.9. The number of fused-ring (bicyclic) bond motifs is 1. The molecule has 1 amide bonds. The predicted octanol–water partition coefficient (Wildman–Crippen LogP) is 4.08. The first kappa shape index (κ1) is 21.9. The molecular weight excluding hydrogens is 426 g/mol. The van der Waals surface area contributed by atoms with Gasteiger partial charge in [-0.05, 0) is 55.5 Å². The van der Waals surface area contributed by atoms with Crippen molar-refractivity contribution in [2.75, 3.05) is 10.6 Å². The van der Waals surface area contributed by atoms with Crippen LogP contribution < -0.4 is 21.7 Å². The maximum absolute atomic E-state index is 12.5. The zero-order valence-electron chi connectivity index (χ0n) is 18.9. The summed E-state index contributed by atoms with van der Waals surface area (Å²) in [6.45, 7) is 0.497. The molecule has 0 aliphatic heterocycles. The monoisotopic (exact) mass is 455 g/mol. The average Bonchev–Trinajstić information content (AvgIpc) is 3.34. The molecular formula is C26H29N7O. The van der Waals surface area contributed by atoms with E-state index in [1.165, 1.54) is 0 Å². The van der Waals surface area contributed by atoms with Gasteiger partial charge < -0.3 is 21.7 Å². The Morgan fingerprint density at radius 3 is 2.56 bits per heavy atom. The topological polar surface area (TPSA) is 109 Å². The number of amides is 1. The highest BCUT2D eigenvalue weighted by atomic mass is 16.1. The molecule has 2 heterocycles. The number of nitrogens with two attached hydrogens (primary N) is 1. The largest absolute Gasteiger partial charge is 0.366 e. The van der Waals surface area contributed by atoms with Gasteiger partial charge in [0, 0.05) is 48.3 Å². The van der Waals surface area contributed by atoms with Crippen molar-refractivity contribution in [1.82, 2.24) is 19.9 Å². The van der Waals surface area contributed by atoms with Gasteiger partial charge in [-0.15, -0.1) is 5.10 Å². The minimum Gasteiger partial charge on any atom is -0.366 e. The standard InChI is InChI=1S/C26H29N7O/c27-20-8-12-22(13-9-20)31-24-16-23(25-28-14-15-33(25)32-24)30-21-10-6-19(7-11-21)26(34)29-17-18-4-2-1-3-5-18/h1-7,10-11,14-16,20,22,30H,8-9,12-13,17,27H2,(H,29,34)(H,31,32)/t20-,22-. The summed E-state index contributed by atoms with van der Waals surface area (Å²) >= 11 is 0. The maximum Gasteiger partial charge on any atom is 0.251 e. The van der Waals surface area contributed by atoms with Crippen LogP contribution in [-0.2, 0) is 6.54 Å². The molecule has 1 aliphatic rings. The van der Waals surface area contributed by atoms with E-state index in [0.29, 0.717) is 24.2 Å². The molecule has 34 heavy (non-hydrogen) atoms. The molecule has 0 bridgehead atoms. The number of carbonyl (C=O) groups excluding carboxylic acids is 1. The van der Waals surface area contributed by atoms with Crippen LogP contribution in [0.1, 0.15) is 41.6 Å². The van der Waals surface area contributed by atoms with Gasteiger partial charge in [-0.3, -0.25) is 4.79 Å². The van der Waals surface area contributed by atoms with Gasteiger partial charge >= 0.3 is 0 Å². The predicted molar refractivity (Wildman–Crippen MR) is 134 cm³/mol. The van der Waals surface area contributed by atoms with Gasteiger partial charge in [0.25, 0.3) is 5.91 Å². The number of anilines is 3. The number of rotatable bonds is 7. The Kier molecular flexibility index (Phi) is 6.40. The molecule has 5 N–H and O–H groups in total. The zero-order chi connectivity index (χ0) is 23.3. The first-order chi connectivity index (χ1) is 16.6. The molecule has 4 aromatic rings. The first-order valence-corrected chi connectivity index (χ1v) is 11.7. The summed E-state index contributed by atoms with van der Waals surface area (Å²) in [5.41, 5.74) is 10.2.